The van der Waals surface area contributed by atoms with Crippen molar-refractivity contribution in [1.82, 2.24) is 4.98 Å². The van der Waals surface area contributed by atoms with Crippen LogP contribution in [0.15, 0.2) is 39.8 Å². The van der Waals surface area contributed by atoms with Crippen LogP contribution in [0.1, 0.15) is 0 Å². The van der Waals surface area contributed by atoms with Gasteiger partial charge in [0.25, 0.3) is 10.0 Å². The van der Waals surface area contributed by atoms with Crippen LogP contribution in [0.2, 0.25) is 5.02 Å². The van der Waals surface area contributed by atoms with E-state index in [1.54, 1.807) is 0 Å². The van der Waals surface area contributed by atoms with Crippen LogP contribution in [-0.4, -0.2) is 13.4 Å². The minimum atomic E-state index is -4.16. The monoisotopic (exact) mass is 379 g/mol. The number of rotatable bonds is 3. The van der Waals surface area contributed by atoms with Crippen molar-refractivity contribution in [3.8, 4) is 0 Å². The van der Waals surface area contributed by atoms with Crippen LogP contribution in [0, 0.1) is 5.82 Å². The average Bonchev–Trinajstić information content (AvgIpc) is 2.33. The van der Waals surface area contributed by atoms with Crippen molar-refractivity contribution < 1.29 is 12.8 Å². The maximum Gasteiger partial charge on any atom is 0.266 e. The molecule has 1 heterocycles. The Kier molecular flexibility index (Phi) is 4.17. The minimum absolute atomic E-state index is 0.0181. The zero-order chi connectivity index (χ0) is 14.9. The van der Waals surface area contributed by atoms with Gasteiger partial charge in [0, 0.05) is 23.0 Å². The van der Waals surface area contributed by atoms with Gasteiger partial charge < -0.3 is 5.73 Å². The number of nitrogen functional groups attached to an aromatic ring is 1. The third kappa shape index (κ3) is 3.20. The molecule has 0 saturated carbocycles. The molecule has 0 radical (unpaired) electrons. The van der Waals surface area contributed by atoms with Gasteiger partial charge in [-0.15, -0.1) is 0 Å². The largest absolute Gasteiger partial charge is 0.399 e. The zero-order valence-electron chi connectivity index (χ0n) is 9.77. The number of anilines is 2. The van der Waals surface area contributed by atoms with Gasteiger partial charge in [-0.25, -0.2) is 17.8 Å². The maximum absolute atomic E-state index is 13.9. The quantitative estimate of drug-likeness (QED) is 0.802. The number of aromatic nitrogens is 1. The van der Waals surface area contributed by atoms with Crippen molar-refractivity contribution in [1.29, 1.82) is 0 Å². The third-order valence-corrected chi connectivity index (χ3v) is 4.43. The fourth-order valence-corrected chi connectivity index (χ4v) is 3.34. The number of nitrogens with one attached hydrogen (secondary N) is 1. The zero-order valence-corrected chi connectivity index (χ0v) is 12.9. The number of pyridine rings is 1. The number of benzene rings is 1. The standard InChI is InChI=1S/C11H8BrClFN3O2S/c12-8-4-7(15)5-9(11(8)14)20(18,19)17-10-3-6(13)1-2-16-10/h1-5H,15H2,(H,16,17). The third-order valence-electron chi connectivity index (χ3n) is 2.27. The van der Waals surface area contributed by atoms with Crippen LogP contribution in [-0.2, 0) is 10.0 Å². The minimum Gasteiger partial charge on any atom is -0.399 e. The van der Waals surface area contributed by atoms with E-state index in [9.17, 15) is 12.8 Å². The first-order valence-electron chi connectivity index (χ1n) is 5.18. The Hall–Kier alpha value is -1.38. The summed E-state index contributed by atoms with van der Waals surface area (Å²) in [6.45, 7) is 0. The van der Waals surface area contributed by atoms with E-state index in [1.165, 1.54) is 24.4 Å². The Labute approximate surface area is 128 Å². The molecule has 2 aromatic rings. The van der Waals surface area contributed by atoms with Crippen LogP contribution in [0.25, 0.3) is 0 Å². The molecule has 0 aliphatic rings. The molecule has 1 aromatic heterocycles. The van der Waals surface area contributed by atoms with E-state index in [0.29, 0.717) is 5.02 Å². The summed E-state index contributed by atoms with van der Waals surface area (Å²) in [6.07, 6.45) is 1.33. The van der Waals surface area contributed by atoms with E-state index in [2.05, 4.69) is 25.6 Å². The Bertz CT molecular complexity index is 770. The Morgan fingerprint density at radius 2 is 2.05 bits per heavy atom. The highest BCUT2D eigenvalue weighted by Gasteiger charge is 2.22. The van der Waals surface area contributed by atoms with Gasteiger partial charge in [0.2, 0.25) is 0 Å². The lowest BCUT2D eigenvalue weighted by Crippen LogP contribution is -2.16. The molecule has 0 fully saturated rings. The molecule has 0 unspecified atom stereocenters. The lowest BCUT2D eigenvalue weighted by molar-refractivity contribution is 0.566. The average molecular weight is 381 g/mol. The predicted octanol–water partition coefficient (Wildman–Crippen LogP) is 3.02. The lowest BCUT2D eigenvalue weighted by atomic mass is 10.3. The summed E-state index contributed by atoms with van der Waals surface area (Å²) in [4.78, 5) is 3.21. The van der Waals surface area contributed by atoms with Gasteiger partial charge in [0.05, 0.1) is 4.47 Å². The fraction of sp³-hybridized carbons (Fsp3) is 0. The molecule has 106 valence electrons. The summed E-state index contributed by atoms with van der Waals surface area (Å²) < 4.78 is 40.2. The highest BCUT2D eigenvalue weighted by molar-refractivity contribution is 9.10. The molecular formula is C11H8BrClFN3O2S. The molecule has 1 aromatic carbocycles. The first kappa shape index (κ1) is 15.0. The summed E-state index contributed by atoms with van der Waals surface area (Å²) in [6, 6.07) is 5.08. The molecule has 0 atom stereocenters. The molecule has 0 saturated heterocycles. The summed E-state index contributed by atoms with van der Waals surface area (Å²) in [5, 5.41) is 0.298. The van der Waals surface area contributed by atoms with Gasteiger partial charge in [-0.05, 0) is 34.1 Å². The molecule has 0 spiro atoms. The van der Waals surface area contributed by atoms with Crippen molar-refractivity contribution in [3.63, 3.8) is 0 Å². The Balaban J connectivity index is 2.46. The predicted molar refractivity (Wildman–Crippen MR) is 78.6 cm³/mol. The second kappa shape index (κ2) is 5.55. The lowest BCUT2D eigenvalue weighted by Gasteiger charge is -2.10. The van der Waals surface area contributed by atoms with Gasteiger partial charge in [-0.3, -0.25) is 4.72 Å². The molecule has 2 rings (SSSR count). The molecule has 20 heavy (non-hydrogen) atoms. The fourth-order valence-electron chi connectivity index (χ4n) is 1.43. The maximum atomic E-state index is 13.9. The summed E-state index contributed by atoms with van der Waals surface area (Å²) in [5.41, 5.74) is 5.63. The first-order chi connectivity index (χ1) is 9.29. The number of nitrogens with zero attached hydrogens (tertiary/aromatic N) is 1. The SMILES string of the molecule is Nc1cc(Br)c(F)c(S(=O)(=O)Nc2cc(Cl)ccn2)c1. The second-order valence-corrected chi connectivity index (χ2v) is 6.72. The molecule has 0 aliphatic heterocycles. The summed E-state index contributed by atoms with van der Waals surface area (Å²) in [7, 11) is -4.16. The Morgan fingerprint density at radius 1 is 1.35 bits per heavy atom. The number of hydrogen-bond donors (Lipinski definition) is 2. The number of halogens is 3. The van der Waals surface area contributed by atoms with Gasteiger partial charge in [0.15, 0.2) is 5.82 Å². The number of nitrogens with two attached hydrogens (primary N) is 1. The van der Waals surface area contributed by atoms with Crippen LogP contribution in [0.3, 0.4) is 0 Å². The van der Waals surface area contributed by atoms with Crippen LogP contribution >= 0.6 is 27.5 Å². The van der Waals surface area contributed by atoms with Crippen molar-refractivity contribution in [2.24, 2.45) is 0 Å². The number of sulfonamides is 1. The highest BCUT2D eigenvalue weighted by Crippen LogP contribution is 2.27. The van der Waals surface area contributed by atoms with E-state index in [4.69, 9.17) is 17.3 Å². The van der Waals surface area contributed by atoms with Gasteiger partial charge >= 0.3 is 0 Å². The topological polar surface area (TPSA) is 85.1 Å². The summed E-state index contributed by atoms with van der Waals surface area (Å²) >= 11 is 8.63. The van der Waals surface area contributed by atoms with Gasteiger partial charge in [0.1, 0.15) is 10.7 Å². The van der Waals surface area contributed by atoms with Crippen LogP contribution < -0.4 is 10.5 Å². The van der Waals surface area contributed by atoms with Gasteiger partial charge in [-0.1, -0.05) is 11.6 Å². The number of hydrogen-bond acceptors (Lipinski definition) is 4. The van der Waals surface area contributed by atoms with E-state index in [1.807, 2.05) is 0 Å². The molecule has 0 aliphatic carbocycles. The molecule has 0 bridgehead atoms. The van der Waals surface area contributed by atoms with E-state index < -0.39 is 20.7 Å². The van der Waals surface area contributed by atoms with Crippen molar-refractivity contribution in [2.45, 2.75) is 4.90 Å². The molecular weight excluding hydrogens is 373 g/mol. The van der Waals surface area contributed by atoms with Crippen molar-refractivity contribution in [2.75, 3.05) is 10.5 Å². The van der Waals surface area contributed by atoms with Crippen LogP contribution in [0.5, 0.6) is 0 Å². The van der Waals surface area contributed by atoms with Gasteiger partial charge in [-0.2, -0.15) is 0 Å². The van der Waals surface area contributed by atoms with E-state index >= 15 is 0 Å². The van der Waals surface area contributed by atoms with E-state index in [0.717, 1.165) is 6.07 Å². The van der Waals surface area contributed by atoms with Crippen LogP contribution in [0.4, 0.5) is 15.9 Å². The summed E-state index contributed by atoms with van der Waals surface area (Å²) in [5.74, 6) is -0.954. The molecule has 5 nitrogen and oxygen atoms in total. The second-order valence-electron chi connectivity index (χ2n) is 3.78. The van der Waals surface area contributed by atoms with E-state index in [-0.39, 0.29) is 16.0 Å². The Morgan fingerprint density at radius 3 is 2.70 bits per heavy atom. The molecule has 9 heteroatoms. The molecule has 0 amide bonds. The molecule has 3 N–H and O–H groups in total. The normalized spacial score (nSPS) is 11.3. The van der Waals surface area contributed by atoms with Crippen molar-refractivity contribution in [3.05, 3.63) is 45.8 Å². The van der Waals surface area contributed by atoms with Crippen molar-refractivity contribution >= 4 is 49.1 Å². The smallest absolute Gasteiger partial charge is 0.266 e. The first-order valence-corrected chi connectivity index (χ1v) is 7.84. The highest BCUT2D eigenvalue weighted by atomic mass is 79.9.